The van der Waals surface area contributed by atoms with Gasteiger partial charge in [-0.15, -0.1) is 0 Å². The number of sulfonamides is 1. The summed E-state index contributed by atoms with van der Waals surface area (Å²) in [6.07, 6.45) is 1.91. The second-order valence-electron chi connectivity index (χ2n) is 11.9. The average molecular weight is 657 g/mol. The van der Waals surface area contributed by atoms with Gasteiger partial charge >= 0.3 is 0 Å². The SMILES string of the molecule is Cc1cc(C)cc(N(CCCC(=O)N(Cc2ccc(Br)cc2)C(Cc2ccccc2)C(=O)NC(C)(C)C)S(C)(=O)=O)c1. The summed E-state index contributed by atoms with van der Waals surface area (Å²) in [6.45, 7) is 9.99. The van der Waals surface area contributed by atoms with E-state index in [1.54, 1.807) is 4.90 Å². The second-order valence-corrected chi connectivity index (χ2v) is 14.7. The number of halogens is 1. The minimum atomic E-state index is -3.57. The summed E-state index contributed by atoms with van der Waals surface area (Å²) in [5.41, 5.74) is 3.86. The first-order chi connectivity index (χ1) is 19.6. The molecule has 7 nitrogen and oxygen atoms in total. The minimum Gasteiger partial charge on any atom is -0.350 e. The molecule has 226 valence electrons. The minimum absolute atomic E-state index is 0.0848. The molecule has 0 spiro atoms. The number of benzene rings is 3. The van der Waals surface area contributed by atoms with Crippen molar-refractivity contribution >= 4 is 43.5 Å². The molecule has 3 rings (SSSR count). The van der Waals surface area contributed by atoms with Gasteiger partial charge in [0.15, 0.2) is 0 Å². The van der Waals surface area contributed by atoms with Gasteiger partial charge in [0.05, 0.1) is 11.9 Å². The van der Waals surface area contributed by atoms with E-state index >= 15 is 0 Å². The highest BCUT2D eigenvalue weighted by molar-refractivity contribution is 9.10. The van der Waals surface area contributed by atoms with Crippen LogP contribution in [0.25, 0.3) is 0 Å². The number of hydrogen-bond acceptors (Lipinski definition) is 4. The summed E-state index contributed by atoms with van der Waals surface area (Å²) in [6, 6.07) is 22.2. The molecule has 0 heterocycles. The fourth-order valence-corrected chi connectivity index (χ4v) is 6.11. The third-order valence-corrected chi connectivity index (χ3v) is 8.40. The average Bonchev–Trinajstić information content (AvgIpc) is 2.88. The molecule has 9 heteroatoms. The Balaban J connectivity index is 1.91. The van der Waals surface area contributed by atoms with Crippen LogP contribution in [-0.4, -0.2) is 49.5 Å². The predicted octanol–water partition coefficient (Wildman–Crippen LogP) is 6.17. The van der Waals surface area contributed by atoms with Crippen LogP contribution in [0.4, 0.5) is 5.69 Å². The molecule has 1 unspecified atom stereocenters. The van der Waals surface area contributed by atoms with E-state index in [9.17, 15) is 18.0 Å². The van der Waals surface area contributed by atoms with Crippen molar-refractivity contribution in [3.63, 3.8) is 0 Å². The lowest BCUT2D eigenvalue weighted by atomic mass is 10.00. The van der Waals surface area contributed by atoms with Crippen molar-refractivity contribution in [3.05, 3.63) is 99.5 Å². The Morgan fingerprint density at radius 2 is 1.50 bits per heavy atom. The van der Waals surface area contributed by atoms with Crippen LogP contribution < -0.4 is 9.62 Å². The number of carbonyl (C=O) groups excluding carboxylic acids is 2. The molecule has 0 bridgehead atoms. The van der Waals surface area contributed by atoms with E-state index in [0.717, 1.165) is 26.7 Å². The van der Waals surface area contributed by atoms with Crippen molar-refractivity contribution in [2.24, 2.45) is 0 Å². The zero-order valence-corrected chi connectivity index (χ0v) is 27.8. The molecule has 0 aromatic heterocycles. The Morgan fingerprint density at radius 3 is 2.05 bits per heavy atom. The summed E-state index contributed by atoms with van der Waals surface area (Å²) in [5.74, 6) is -0.443. The molecular formula is C33H42BrN3O4S. The Morgan fingerprint density at radius 1 is 0.905 bits per heavy atom. The van der Waals surface area contributed by atoms with E-state index in [2.05, 4.69) is 21.2 Å². The molecule has 0 aliphatic carbocycles. The van der Waals surface area contributed by atoms with Gasteiger partial charge in [-0.1, -0.05) is 64.5 Å². The zero-order valence-electron chi connectivity index (χ0n) is 25.4. The highest BCUT2D eigenvalue weighted by Crippen LogP contribution is 2.23. The van der Waals surface area contributed by atoms with Crippen LogP contribution in [0.5, 0.6) is 0 Å². The van der Waals surface area contributed by atoms with Gasteiger partial charge in [0, 0.05) is 35.9 Å². The molecule has 42 heavy (non-hydrogen) atoms. The number of nitrogens with one attached hydrogen (secondary N) is 1. The van der Waals surface area contributed by atoms with Crippen LogP contribution in [0.15, 0.2) is 77.3 Å². The van der Waals surface area contributed by atoms with Crippen LogP contribution in [0.3, 0.4) is 0 Å². The highest BCUT2D eigenvalue weighted by atomic mass is 79.9. The molecule has 2 amide bonds. The topological polar surface area (TPSA) is 86.8 Å². The van der Waals surface area contributed by atoms with Crippen molar-refractivity contribution in [2.45, 2.75) is 72.0 Å². The van der Waals surface area contributed by atoms with Gasteiger partial charge in [0.25, 0.3) is 0 Å². The normalized spacial score (nSPS) is 12.5. The van der Waals surface area contributed by atoms with Crippen LogP contribution in [0.1, 0.15) is 55.9 Å². The Bertz CT molecular complexity index is 1450. The van der Waals surface area contributed by atoms with Crippen molar-refractivity contribution in [1.82, 2.24) is 10.2 Å². The lowest BCUT2D eigenvalue weighted by molar-refractivity contribution is -0.142. The maximum atomic E-state index is 14.0. The van der Waals surface area contributed by atoms with Gasteiger partial charge in [-0.2, -0.15) is 0 Å². The molecular weight excluding hydrogens is 614 g/mol. The molecule has 3 aromatic rings. The Hall–Kier alpha value is -3.17. The first-order valence-corrected chi connectivity index (χ1v) is 16.7. The van der Waals surface area contributed by atoms with Gasteiger partial charge in [-0.05, 0) is 87.6 Å². The summed E-state index contributed by atoms with van der Waals surface area (Å²) < 4.78 is 27.8. The maximum Gasteiger partial charge on any atom is 0.243 e. The van der Waals surface area contributed by atoms with Gasteiger partial charge in [-0.3, -0.25) is 13.9 Å². The molecule has 3 aromatic carbocycles. The maximum absolute atomic E-state index is 14.0. The smallest absolute Gasteiger partial charge is 0.243 e. The molecule has 1 N–H and O–H groups in total. The third kappa shape index (κ3) is 10.3. The van der Waals surface area contributed by atoms with Gasteiger partial charge in [-0.25, -0.2) is 8.42 Å². The summed E-state index contributed by atoms with van der Waals surface area (Å²) in [7, 11) is -3.57. The van der Waals surface area contributed by atoms with Crippen LogP contribution in [0.2, 0.25) is 0 Å². The van der Waals surface area contributed by atoms with Crippen molar-refractivity contribution in [2.75, 3.05) is 17.1 Å². The van der Waals surface area contributed by atoms with Crippen LogP contribution in [-0.2, 0) is 32.6 Å². The standard InChI is InChI=1S/C33H42BrN3O4S/c1-24-19-25(2)21-29(20-24)37(42(6,40)41)18-10-13-31(38)36(23-27-14-16-28(34)17-15-27)30(32(39)35-33(3,4)5)22-26-11-8-7-9-12-26/h7-9,11-12,14-17,19-21,30H,10,13,18,22-23H2,1-6H3,(H,35,39). The van der Waals surface area contributed by atoms with Crippen molar-refractivity contribution in [3.8, 4) is 0 Å². The molecule has 0 aliphatic rings. The number of aryl methyl sites for hydroxylation is 2. The second kappa shape index (κ2) is 14.3. The number of nitrogens with zero attached hydrogens (tertiary/aromatic N) is 2. The van der Waals surface area contributed by atoms with Crippen molar-refractivity contribution < 1.29 is 18.0 Å². The molecule has 0 saturated heterocycles. The van der Waals surface area contributed by atoms with E-state index in [4.69, 9.17) is 0 Å². The predicted molar refractivity (Wildman–Crippen MR) is 174 cm³/mol. The fourth-order valence-electron chi connectivity index (χ4n) is 4.89. The highest BCUT2D eigenvalue weighted by Gasteiger charge is 2.32. The van der Waals surface area contributed by atoms with Crippen molar-refractivity contribution in [1.29, 1.82) is 0 Å². The summed E-state index contributed by atoms with van der Waals surface area (Å²) >= 11 is 3.46. The Kier molecular flexibility index (Phi) is 11.4. The zero-order chi connectivity index (χ0) is 31.1. The van der Waals surface area contributed by atoms with E-state index in [1.165, 1.54) is 10.6 Å². The van der Waals surface area contributed by atoms with E-state index in [-0.39, 0.29) is 31.3 Å². The van der Waals surface area contributed by atoms with E-state index < -0.39 is 21.6 Å². The first kappa shape index (κ1) is 33.3. The molecule has 0 aliphatic heterocycles. The Labute approximate surface area is 259 Å². The first-order valence-electron chi connectivity index (χ1n) is 14.1. The molecule has 0 fully saturated rings. The van der Waals surface area contributed by atoms with Crippen LogP contribution >= 0.6 is 15.9 Å². The molecule has 1 atom stereocenters. The summed E-state index contributed by atoms with van der Waals surface area (Å²) in [4.78, 5) is 29.3. The largest absolute Gasteiger partial charge is 0.350 e. The lowest BCUT2D eigenvalue weighted by Crippen LogP contribution is -2.54. The fraction of sp³-hybridized carbons (Fsp3) is 0.394. The number of hydrogen-bond donors (Lipinski definition) is 1. The monoisotopic (exact) mass is 655 g/mol. The van der Waals surface area contributed by atoms with Gasteiger partial charge in [0.2, 0.25) is 21.8 Å². The lowest BCUT2D eigenvalue weighted by Gasteiger charge is -2.34. The van der Waals surface area contributed by atoms with Crippen LogP contribution in [0, 0.1) is 13.8 Å². The number of carbonyl (C=O) groups is 2. The van der Waals surface area contributed by atoms with E-state index in [0.29, 0.717) is 18.5 Å². The van der Waals surface area contributed by atoms with Gasteiger partial charge < -0.3 is 10.2 Å². The molecule has 0 radical (unpaired) electrons. The van der Waals surface area contributed by atoms with Gasteiger partial charge in [0.1, 0.15) is 6.04 Å². The number of anilines is 1. The number of amides is 2. The summed E-state index contributed by atoms with van der Waals surface area (Å²) in [5, 5.41) is 3.07. The third-order valence-electron chi connectivity index (χ3n) is 6.68. The number of rotatable bonds is 12. The quantitative estimate of drug-likeness (QED) is 0.253. The molecule has 0 saturated carbocycles. The van der Waals surface area contributed by atoms with E-state index in [1.807, 2.05) is 107 Å².